The van der Waals surface area contributed by atoms with Crippen LogP contribution in [-0.4, -0.2) is 13.7 Å². The Kier molecular flexibility index (Phi) is 4.96. The predicted molar refractivity (Wildman–Crippen MR) is 73.7 cm³/mol. The van der Waals surface area contributed by atoms with Crippen LogP contribution in [0.1, 0.15) is 16.5 Å². The zero-order valence-corrected chi connectivity index (χ0v) is 11.8. The molecule has 0 amide bonds. The number of halogens is 4. The van der Waals surface area contributed by atoms with Crippen LogP contribution >= 0.6 is 11.6 Å². The maximum Gasteiger partial charge on any atom is 0.387 e. The highest BCUT2D eigenvalue weighted by atomic mass is 35.5. The van der Waals surface area contributed by atoms with E-state index in [1.165, 1.54) is 43.5 Å². The molecule has 0 bridgehead atoms. The normalized spacial score (nSPS) is 12.3. The molecule has 0 saturated carbocycles. The van der Waals surface area contributed by atoms with E-state index in [4.69, 9.17) is 16.3 Å². The van der Waals surface area contributed by atoms with Crippen molar-refractivity contribution >= 4 is 11.6 Å². The molecule has 0 radical (unpaired) electrons. The van der Waals surface area contributed by atoms with Gasteiger partial charge in [0.2, 0.25) is 0 Å². The van der Waals surface area contributed by atoms with Crippen LogP contribution in [0.25, 0.3) is 0 Å². The molecule has 0 aliphatic heterocycles. The molecule has 112 valence electrons. The highest BCUT2D eigenvalue weighted by molar-refractivity contribution is 6.22. The lowest BCUT2D eigenvalue weighted by Crippen LogP contribution is -2.02. The van der Waals surface area contributed by atoms with Crippen molar-refractivity contribution in [3.63, 3.8) is 0 Å². The third-order valence-corrected chi connectivity index (χ3v) is 3.37. The second kappa shape index (κ2) is 6.72. The van der Waals surface area contributed by atoms with Crippen molar-refractivity contribution in [2.75, 3.05) is 7.11 Å². The van der Waals surface area contributed by atoms with Crippen molar-refractivity contribution in [2.45, 2.75) is 12.0 Å². The molecule has 0 spiro atoms. The molecule has 21 heavy (non-hydrogen) atoms. The monoisotopic (exact) mass is 316 g/mol. The van der Waals surface area contributed by atoms with Gasteiger partial charge in [-0.3, -0.25) is 0 Å². The molecule has 2 nitrogen and oxygen atoms in total. The summed E-state index contributed by atoms with van der Waals surface area (Å²) in [5.74, 6) is -0.0872. The molecule has 1 unspecified atom stereocenters. The van der Waals surface area contributed by atoms with E-state index in [1.807, 2.05) is 0 Å². The summed E-state index contributed by atoms with van der Waals surface area (Å²) in [6, 6.07) is 10.1. The Hall–Kier alpha value is -1.88. The van der Waals surface area contributed by atoms with Gasteiger partial charge in [0.1, 0.15) is 17.3 Å². The summed E-state index contributed by atoms with van der Waals surface area (Å²) in [6.07, 6.45) is 0. The molecule has 0 aliphatic rings. The van der Waals surface area contributed by atoms with Crippen molar-refractivity contribution in [1.29, 1.82) is 0 Å². The van der Waals surface area contributed by atoms with Crippen molar-refractivity contribution in [2.24, 2.45) is 0 Å². The molecule has 0 aliphatic carbocycles. The summed E-state index contributed by atoms with van der Waals surface area (Å²) < 4.78 is 47.2. The average Bonchev–Trinajstić information content (AvgIpc) is 2.46. The number of hydrogen-bond acceptors (Lipinski definition) is 2. The van der Waals surface area contributed by atoms with E-state index in [0.717, 1.165) is 0 Å². The number of ether oxygens (including phenoxy) is 2. The fourth-order valence-corrected chi connectivity index (χ4v) is 2.16. The minimum absolute atomic E-state index is 0.0211. The lowest BCUT2D eigenvalue weighted by Gasteiger charge is -2.13. The van der Waals surface area contributed by atoms with Crippen molar-refractivity contribution in [3.05, 3.63) is 59.4 Å². The van der Waals surface area contributed by atoms with E-state index in [1.54, 1.807) is 6.07 Å². The third kappa shape index (κ3) is 3.82. The number of hydrogen-bond donors (Lipinski definition) is 0. The fourth-order valence-electron chi connectivity index (χ4n) is 1.84. The number of benzene rings is 2. The Morgan fingerprint density at radius 2 is 1.62 bits per heavy atom. The molecule has 0 saturated heterocycles. The van der Waals surface area contributed by atoms with Gasteiger partial charge in [0.25, 0.3) is 0 Å². The SMILES string of the molecule is COc1ccc(C(Cl)c2ccc(OC(F)F)cc2)c(F)c1. The van der Waals surface area contributed by atoms with Gasteiger partial charge in [-0.25, -0.2) is 4.39 Å². The van der Waals surface area contributed by atoms with E-state index in [9.17, 15) is 13.2 Å². The van der Waals surface area contributed by atoms with E-state index >= 15 is 0 Å². The van der Waals surface area contributed by atoms with E-state index < -0.39 is 17.8 Å². The van der Waals surface area contributed by atoms with Gasteiger partial charge in [-0.1, -0.05) is 18.2 Å². The predicted octanol–water partition coefficient (Wildman–Crippen LogP) is 4.76. The molecule has 1 atom stereocenters. The molecule has 0 aromatic heterocycles. The van der Waals surface area contributed by atoms with Gasteiger partial charge in [0.05, 0.1) is 12.5 Å². The summed E-state index contributed by atoms with van der Waals surface area (Å²) >= 11 is 6.22. The lowest BCUT2D eigenvalue weighted by molar-refractivity contribution is -0.0498. The minimum atomic E-state index is -2.89. The second-order valence-electron chi connectivity index (χ2n) is 4.20. The van der Waals surface area contributed by atoms with Gasteiger partial charge in [0, 0.05) is 11.6 Å². The Balaban J connectivity index is 2.21. The highest BCUT2D eigenvalue weighted by Crippen LogP contribution is 2.33. The van der Waals surface area contributed by atoms with Crippen LogP contribution in [0.3, 0.4) is 0 Å². The van der Waals surface area contributed by atoms with Crippen molar-refractivity contribution < 1.29 is 22.6 Å². The molecule has 0 N–H and O–H groups in total. The first-order valence-corrected chi connectivity index (χ1v) is 6.47. The van der Waals surface area contributed by atoms with Gasteiger partial charge in [0.15, 0.2) is 0 Å². The van der Waals surface area contributed by atoms with Crippen molar-refractivity contribution in [1.82, 2.24) is 0 Å². The van der Waals surface area contributed by atoms with Crippen LogP contribution in [0.4, 0.5) is 13.2 Å². The van der Waals surface area contributed by atoms with Crippen LogP contribution in [0.5, 0.6) is 11.5 Å². The molecular weight excluding hydrogens is 305 g/mol. The number of methoxy groups -OCH3 is 1. The van der Waals surface area contributed by atoms with Gasteiger partial charge < -0.3 is 9.47 Å². The smallest absolute Gasteiger partial charge is 0.387 e. The zero-order chi connectivity index (χ0) is 15.4. The van der Waals surface area contributed by atoms with Crippen LogP contribution in [-0.2, 0) is 0 Å². The molecule has 6 heteroatoms. The van der Waals surface area contributed by atoms with Crippen LogP contribution in [0.15, 0.2) is 42.5 Å². The molecule has 2 rings (SSSR count). The number of rotatable bonds is 5. The van der Waals surface area contributed by atoms with E-state index in [-0.39, 0.29) is 11.3 Å². The Labute approximate surface area is 125 Å². The second-order valence-corrected chi connectivity index (χ2v) is 4.63. The first-order valence-electron chi connectivity index (χ1n) is 6.03. The van der Waals surface area contributed by atoms with Gasteiger partial charge >= 0.3 is 6.61 Å². The van der Waals surface area contributed by atoms with Crippen LogP contribution in [0.2, 0.25) is 0 Å². The Morgan fingerprint density at radius 3 is 2.14 bits per heavy atom. The summed E-state index contributed by atoms with van der Waals surface area (Å²) in [5.41, 5.74) is 0.849. The Bertz CT molecular complexity index is 602. The molecular formula is C15H12ClF3O2. The van der Waals surface area contributed by atoms with Crippen LogP contribution in [0, 0.1) is 5.82 Å². The summed E-state index contributed by atoms with van der Waals surface area (Å²) in [4.78, 5) is 0. The summed E-state index contributed by atoms with van der Waals surface area (Å²) in [7, 11) is 1.44. The van der Waals surface area contributed by atoms with Gasteiger partial charge in [-0.05, 0) is 23.8 Å². The van der Waals surface area contributed by atoms with E-state index in [0.29, 0.717) is 11.3 Å². The lowest BCUT2D eigenvalue weighted by atomic mass is 10.0. The first kappa shape index (κ1) is 15.5. The molecule has 2 aromatic carbocycles. The van der Waals surface area contributed by atoms with Gasteiger partial charge in [-0.2, -0.15) is 8.78 Å². The van der Waals surface area contributed by atoms with Crippen LogP contribution < -0.4 is 9.47 Å². The standard InChI is InChI=1S/C15H12ClF3O2/c1-20-11-6-7-12(13(17)8-11)14(16)9-2-4-10(5-3-9)21-15(18)19/h2-8,14-15H,1H3. The zero-order valence-electron chi connectivity index (χ0n) is 11.0. The maximum absolute atomic E-state index is 13.9. The van der Waals surface area contributed by atoms with E-state index in [2.05, 4.69) is 4.74 Å². The summed E-state index contributed by atoms with van der Waals surface area (Å²) in [5, 5.41) is -0.739. The van der Waals surface area contributed by atoms with Crippen molar-refractivity contribution in [3.8, 4) is 11.5 Å². The third-order valence-electron chi connectivity index (χ3n) is 2.88. The average molecular weight is 317 g/mol. The first-order chi connectivity index (χ1) is 10.0. The number of alkyl halides is 3. The summed E-state index contributed by atoms with van der Waals surface area (Å²) in [6.45, 7) is -2.89. The maximum atomic E-state index is 13.9. The minimum Gasteiger partial charge on any atom is -0.497 e. The van der Waals surface area contributed by atoms with Gasteiger partial charge in [-0.15, -0.1) is 11.6 Å². The molecule has 2 aromatic rings. The fraction of sp³-hybridized carbons (Fsp3) is 0.200. The molecule has 0 fully saturated rings. The largest absolute Gasteiger partial charge is 0.497 e. The topological polar surface area (TPSA) is 18.5 Å². The highest BCUT2D eigenvalue weighted by Gasteiger charge is 2.16. The Morgan fingerprint density at radius 1 is 1.00 bits per heavy atom. The quantitative estimate of drug-likeness (QED) is 0.740. The molecule has 0 heterocycles.